The van der Waals surface area contributed by atoms with Crippen molar-refractivity contribution in [2.24, 2.45) is 0 Å². The number of hydrogen-bond donors (Lipinski definition) is 1. The molecule has 3 heteroatoms. The van der Waals surface area contributed by atoms with Crippen LogP contribution in [0.1, 0.15) is 22.8 Å². The lowest BCUT2D eigenvalue weighted by molar-refractivity contribution is 0.104. The summed E-state index contributed by atoms with van der Waals surface area (Å²) >= 11 is 0. The van der Waals surface area contributed by atoms with Crippen LogP contribution in [0.4, 0.5) is 0 Å². The predicted molar refractivity (Wildman–Crippen MR) is 62.2 cm³/mol. The third-order valence-corrected chi connectivity index (χ3v) is 2.39. The molecule has 16 heavy (non-hydrogen) atoms. The fourth-order valence-corrected chi connectivity index (χ4v) is 1.64. The molecule has 1 aromatic heterocycles. The lowest BCUT2D eigenvalue weighted by atomic mass is 10.1. The van der Waals surface area contributed by atoms with Gasteiger partial charge in [-0.05, 0) is 31.2 Å². The topological polar surface area (TPSA) is 56.6 Å². The van der Waals surface area contributed by atoms with Crippen molar-refractivity contribution in [1.82, 2.24) is 4.98 Å². The predicted octanol–water partition coefficient (Wildman–Crippen LogP) is 2.80. The number of fused-ring (bicyclic) bond motifs is 1. The second-order valence-corrected chi connectivity index (χ2v) is 3.44. The second kappa shape index (κ2) is 4.03. The Kier molecular flexibility index (Phi) is 2.57. The molecule has 78 valence electrons. The summed E-state index contributed by atoms with van der Waals surface area (Å²) in [4.78, 5) is 14.7. The van der Waals surface area contributed by atoms with E-state index in [0.717, 1.165) is 10.9 Å². The van der Waals surface area contributed by atoms with Gasteiger partial charge in [-0.25, -0.2) is 0 Å². The highest BCUT2D eigenvalue weighted by Crippen LogP contribution is 2.20. The summed E-state index contributed by atoms with van der Waals surface area (Å²) in [5.41, 5.74) is 2.03. The van der Waals surface area contributed by atoms with E-state index in [4.69, 9.17) is 5.26 Å². The Balaban J connectivity index is 2.63. The van der Waals surface area contributed by atoms with E-state index < -0.39 is 0 Å². The molecule has 0 unspecified atom stereocenters. The van der Waals surface area contributed by atoms with Gasteiger partial charge in [0, 0.05) is 22.7 Å². The molecule has 0 saturated carbocycles. The maximum absolute atomic E-state index is 11.7. The highest BCUT2D eigenvalue weighted by molar-refractivity contribution is 6.13. The molecular formula is C13H10N2O. The summed E-state index contributed by atoms with van der Waals surface area (Å²) in [5.74, 6) is -0.0520. The van der Waals surface area contributed by atoms with E-state index in [9.17, 15) is 4.79 Å². The Morgan fingerprint density at radius 1 is 1.50 bits per heavy atom. The van der Waals surface area contributed by atoms with Gasteiger partial charge in [-0.1, -0.05) is 6.08 Å². The van der Waals surface area contributed by atoms with Gasteiger partial charge in [0.25, 0.3) is 0 Å². The van der Waals surface area contributed by atoms with Gasteiger partial charge < -0.3 is 4.98 Å². The highest BCUT2D eigenvalue weighted by atomic mass is 16.1. The van der Waals surface area contributed by atoms with Gasteiger partial charge in [0.1, 0.15) is 0 Å². The van der Waals surface area contributed by atoms with Crippen molar-refractivity contribution in [1.29, 1.82) is 5.26 Å². The molecule has 1 heterocycles. The molecule has 0 fully saturated rings. The van der Waals surface area contributed by atoms with E-state index in [1.54, 1.807) is 37.4 Å². The van der Waals surface area contributed by atoms with Crippen molar-refractivity contribution in [3.8, 4) is 6.07 Å². The number of H-pyrrole nitrogens is 1. The number of allylic oxidation sites excluding steroid dienone is 2. The molecule has 0 spiro atoms. The Labute approximate surface area is 93.0 Å². The van der Waals surface area contributed by atoms with Gasteiger partial charge in [0.15, 0.2) is 5.78 Å². The number of nitriles is 1. The van der Waals surface area contributed by atoms with Crippen LogP contribution < -0.4 is 0 Å². The molecule has 0 saturated heterocycles. The van der Waals surface area contributed by atoms with Crippen LogP contribution in [0.3, 0.4) is 0 Å². The molecule has 3 nitrogen and oxygen atoms in total. The van der Waals surface area contributed by atoms with E-state index in [0.29, 0.717) is 11.1 Å². The van der Waals surface area contributed by atoms with Crippen LogP contribution in [0.25, 0.3) is 10.9 Å². The lowest BCUT2D eigenvalue weighted by Crippen LogP contribution is -1.91. The second-order valence-electron chi connectivity index (χ2n) is 3.44. The van der Waals surface area contributed by atoms with Crippen LogP contribution in [0.15, 0.2) is 36.5 Å². The van der Waals surface area contributed by atoms with Crippen LogP contribution in [0.5, 0.6) is 0 Å². The molecule has 0 aliphatic rings. The lowest BCUT2D eigenvalue weighted by Gasteiger charge is -1.94. The van der Waals surface area contributed by atoms with Crippen LogP contribution in [-0.4, -0.2) is 10.8 Å². The molecule has 0 atom stereocenters. The molecule has 1 aromatic carbocycles. The van der Waals surface area contributed by atoms with E-state index >= 15 is 0 Å². The minimum atomic E-state index is -0.0520. The Morgan fingerprint density at radius 2 is 2.31 bits per heavy atom. The van der Waals surface area contributed by atoms with Gasteiger partial charge in [-0.2, -0.15) is 5.26 Å². The van der Waals surface area contributed by atoms with E-state index in [1.807, 2.05) is 0 Å². The molecule has 0 aliphatic carbocycles. The van der Waals surface area contributed by atoms with Gasteiger partial charge >= 0.3 is 0 Å². The van der Waals surface area contributed by atoms with Crippen LogP contribution >= 0.6 is 0 Å². The average Bonchev–Trinajstić information content (AvgIpc) is 2.71. The number of ketones is 1. The standard InChI is InChI=1S/C13H10N2O/c1-2-3-13(16)11-8-15-12-5-4-9(7-14)6-10(11)12/h2-6,8,15H,1H3/b3-2+. The van der Waals surface area contributed by atoms with Crippen molar-refractivity contribution < 1.29 is 4.79 Å². The van der Waals surface area contributed by atoms with Crippen molar-refractivity contribution in [2.45, 2.75) is 6.92 Å². The van der Waals surface area contributed by atoms with Crippen LogP contribution in [-0.2, 0) is 0 Å². The number of nitrogens with zero attached hydrogens (tertiary/aromatic N) is 1. The fourth-order valence-electron chi connectivity index (χ4n) is 1.64. The molecule has 2 rings (SSSR count). The van der Waals surface area contributed by atoms with Gasteiger partial charge in [0.2, 0.25) is 0 Å². The van der Waals surface area contributed by atoms with Crippen LogP contribution in [0, 0.1) is 11.3 Å². The largest absolute Gasteiger partial charge is 0.360 e. The third-order valence-electron chi connectivity index (χ3n) is 2.39. The fraction of sp³-hybridized carbons (Fsp3) is 0.0769. The number of benzene rings is 1. The summed E-state index contributed by atoms with van der Waals surface area (Å²) in [6.45, 7) is 1.80. The van der Waals surface area contributed by atoms with Crippen molar-refractivity contribution in [2.75, 3.05) is 0 Å². The Morgan fingerprint density at radius 3 is 3.00 bits per heavy atom. The smallest absolute Gasteiger partial charge is 0.187 e. The summed E-state index contributed by atoms with van der Waals surface area (Å²) in [6.07, 6.45) is 4.89. The first kappa shape index (κ1) is 10.2. The first-order valence-corrected chi connectivity index (χ1v) is 4.94. The SMILES string of the molecule is C/C=C/C(=O)c1c[nH]c2ccc(C#N)cc12. The van der Waals surface area contributed by atoms with Gasteiger partial charge in [-0.15, -0.1) is 0 Å². The number of hydrogen-bond acceptors (Lipinski definition) is 2. The Bertz CT molecular complexity index is 614. The molecular weight excluding hydrogens is 200 g/mol. The number of carbonyl (C=O) groups is 1. The molecule has 1 N–H and O–H groups in total. The minimum Gasteiger partial charge on any atom is -0.360 e. The van der Waals surface area contributed by atoms with Crippen molar-refractivity contribution in [3.05, 3.63) is 47.7 Å². The van der Waals surface area contributed by atoms with Crippen molar-refractivity contribution >= 4 is 16.7 Å². The number of carbonyl (C=O) groups excluding carboxylic acids is 1. The molecule has 0 bridgehead atoms. The summed E-state index contributed by atoms with van der Waals surface area (Å²) < 4.78 is 0. The highest BCUT2D eigenvalue weighted by Gasteiger charge is 2.09. The molecule has 2 aromatic rings. The van der Waals surface area contributed by atoms with Crippen molar-refractivity contribution in [3.63, 3.8) is 0 Å². The number of rotatable bonds is 2. The van der Waals surface area contributed by atoms with E-state index in [2.05, 4.69) is 11.1 Å². The Hall–Kier alpha value is -2.34. The molecule has 0 amide bonds. The zero-order chi connectivity index (χ0) is 11.5. The van der Waals surface area contributed by atoms with Crippen LogP contribution in [0.2, 0.25) is 0 Å². The summed E-state index contributed by atoms with van der Waals surface area (Å²) in [5, 5.41) is 9.60. The van der Waals surface area contributed by atoms with E-state index in [1.165, 1.54) is 6.08 Å². The maximum Gasteiger partial charge on any atom is 0.187 e. The summed E-state index contributed by atoms with van der Waals surface area (Å²) in [6, 6.07) is 7.32. The monoisotopic (exact) mass is 210 g/mol. The normalized spacial score (nSPS) is 10.8. The zero-order valence-electron chi connectivity index (χ0n) is 8.82. The summed E-state index contributed by atoms with van der Waals surface area (Å²) in [7, 11) is 0. The first-order valence-electron chi connectivity index (χ1n) is 4.94. The van der Waals surface area contributed by atoms with Gasteiger partial charge in [0.05, 0.1) is 11.6 Å². The quantitative estimate of drug-likeness (QED) is 0.612. The number of aromatic nitrogens is 1. The minimum absolute atomic E-state index is 0.0520. The molecule has 0 radical (unpaired) electrons. The molecule has 0 aliphatic heterocycles. The average molecular weight is 210 g/mol. The number of aromatic amines is 1. The maximum atomic E-state index is 11.7. The third kappa shape index (κ3) is 1.61. The van der Waals surface area contributed by atoms with E-state index in [-0.39, 0.29) is 5.78 Å². The zero-order valence-corrected chi connectivity index (χ0v) is 8.82. The number of nitrogens with one attached hydrogen (secondary N) is 1. The van der Waals surface area contributed by atoms with Gasteiger partial charge in [-0.3, -0.25) is 4.79 Å². The first-order chi connectivity index (χ1) is 7.76.